The summed E-state index contributed by atoms with van der Waals surface area (Å²) < 4.78 is 65.6. The lowest BCUT2D eigenvalue weighted by atomic mass is 9.97. The van der Waals surface area contributed by atoms with E-state index >= 15 is 0 Å². The largest absolute Gasteiger partial charge is 0.490 e. The predicted octanol–water partition coefficient (Wildman–Crippen LogP) is 0.972. The molecule has 3 unspecified atom stereocenters. The van der Waals surface area contributed by atoms with Gasteiger partial charge in [0.25, 0.3) is 0 Å². The fraction of sp³-hybridized carbons (Fsp3) is 0.600. The molecular formula is C10H16FN2O13P3S2. The Morgan fingerprint density at radius 1 is 1.23 bits per heavy atom. The van der Waals surface area contributed by atoms with Gasteiger partial charge in [0, 0.05) is 6.20 Å². The van der Waals surface area contributed by atoms with Crippen LogP contribution in [0.2, 0.25) is 0 Å². The zero-order chi connectivity index (χ0) is 24.0. The normalized spacial score (nSPS) is 30.6. The van der Waals surface area contributed by atoms with E-state index in [-0.39, 0.29) is 9.41 Å². The molecule has 1 aromatic heterocycles. The predicted molar refractivity (Wildman–Crippen MR) is 100 cm³/mol. The molecule has 1 fully saturated rings. The summed E-state index contributed by atoms with van der Waals surface area (Å²) >= 11 is 9.63. The van der Waals surface area contributed by atoms with Gasteiger partial charge in [-0.3, -0.25) is 9.09 Å². The average molecular weight is 548 g/mol. The number of rotatable bonds is 8. The van der Waals surface area contributed by atoms with Crippen molar-refractivity contribution in [3.63, 3.8) is 0 Å². The number of phosphoric ester groups is 1. The molecule has 0 spiro atoms. The van der Waals surface area contributed by atoms with Gasteiger partial charge in [-0.1, -0.05) is 12.2 Å². The molecule has 7 N–H and O–H groups in total. The number of nitrogens with one attached hydrogen (secondary N) is 1. The first-order chi connectivity index (χ1) is 13.9. The van der Waals surface area contributed by atoms with Gasteiger partial charge in [-0.25, -0.2) is 18.1 Å². The standard InChI is InChI=1S/C10H16FN2O13P3S2/c1-10(24-28(19,20)26-29(21,22)25-27(16,17)18)4(3-14)6(15)8(23-10)13-2-5(11)7(30)12-9(13)31/h2,4,6,8,14-15H,3H2,1H3,(H,19,20)(H,21,22)(H,12,30,31)(H2,16,17,18)/t4?,6-,8+,10+/m0/s1. The summed E-state index contributed by atoms with van der Waals surface area (Å²) in [4.78, 5) is 38.4. The van der Waals surface area contributed by atoms with Crippen LogP contribution in [0.4, 0.5) is 4.39 Å². The van der Waals surface area contributed by atoms with Gasteiger partial charge in [0.05, 0.1) is 12.5 Å². The number of aromatic amines is 1. The van der Waals surface area contributed by atoms with E-state index < -0.39 is 59.9 Å². The Morgan fingerprint density at radius 2 is 1.81 bits per heavy atom. The van der Waals surface area contributed by atoms with Gasteiger partial charge in [-0.05, 0) is 19.1 Å². The number of hydrogen-bond donors (Lipinski definition) is 7. The molecule has 6 atom stereocenters. The number of ether oxygens (including phenoxy) is 1. The van der Waals surface area contributed by atoms with E-state index in [4.69, 9.17) is 26.7 Å². The third-order valence-corrected chi connectivity index (χ3v) is 8.37. The molecule has 0 saturated carbocycles. The average Bonchev–Trinajstić information content (AvgIpc) is 2.76. The molecule has 0 radical (unpaired) electrons. The number of aliphatic hydroxyl groups is 2. The molecule has 0 amide bonds. The van der Waals surface area contributed by atoms with E-state index in [1.54, 1.807) is 0 Å². The van der Waals surface area contributed by atoms with Gasteiger partial charge in [-0.15, -0.1) is 0 Å². The van der Waals surface area contributed by atoms with Crippen molar-refractivity contribution in [2.24, 2.45) is 5.92 Å². The van der Waals surface area contributed by atoms with Gasteiger partial charge in [-0.2, -0.15) is 8.62 Å². The monoisotopic (exact) mass is 548 g/mol. The summed E-state index contributed by atoms with van der Waals surface area (Å²) in [5.41, 5.74) is 0. The maximum absolute atomic E-state index is 13.8. The number of aromatic nitrogens is 2. The Kier molecular flexibility index (Phi) is 7.99. The molecular weight excluding hydrogens is 532 g/mol. The fourth-order valence-corrected chi connectivity index (χ4v) is 6.41. The minimum Gasteiger partial charge on any atom is -0.396 e. The van der Waals surface area contributed by atoms with Crippen molar-refractivity contribution in [2.45, 2.75) is 25.0 Å². The lowest BCUT2D eigenvalue weighted by Crippen LogP contribution is -2.39. The second-order valence-corrected chi connectivity index (χ2v) is 11.3. The van der Waals surface area contributed by atoms with Crippen LogP contribution in [0.15, 0.2) is 6.20 Å². The number of aliphatic hydroxyl groups excluding tert-OH is 2. The molecule has 0 bridgehead atoms. The van der Waals surface area contributed by atoms with Crippen LogP contribution in [-0.2, 0) is 31.6 Å². The molecule has 31 heavy (non-hydrogen) atoms. The summed E-state index contributed by atoms with van der Waals surface area (Å²) in [7, 11) is -17.1. The highest BCUT2D eigenvalue weighted by Crippen LogP contribution is 2.68. The Balaban J connectivity index is 2.35. The zero-order valence-corrected chi connectivity index (χ0v) is 19.4. The van der Waals surface area contributed by atoms with Gasteiger partial charge < -0.3 is 39.5 Å². The fourth-order valence-electron chi connectivity index (χ4n) is 2.67. The zero-order valence-electron chi connectivity index (χ0n) is 15.0. The van der Waals surface area contributed by atoms with E-state index in [1.165, 1.54) is 0 Å². The topological polar surface area (TPSA) is 230 Å². The van der Waals surface area contributed by atoms with Crippen LogP contribution < -0.4 is 0 Å². The smallest absolute Gasteiger partial charge is 0.396 e. The summed E-state index contributed by atoms with van der Waals surface area (Å²) in [5.74, 6) is -4.93. The number of halogens is 1. The Bertz CT molecular complexity index is 1110. The van der Waals surface area contributed by atoms with Crippen molar-refractivity contribution in [3.05, 3.63) is 21.4 Å². The van der Waals surface area contributed by atoms with E-state index in [0.29, 0.717) is 0 Å². The van der Waals surface area contributed by atoms with Crippen LogP contribution in [-0.4, -0.2) is 57.8 Å². The molecule has 1 saturated heterocycles. The van der Waals surface area contributed by atoms with Crippen LogP contribution >= 0.6 is 47.9 Å². The molecule has 2 rings (SSSR count). The number of hydrogen-bond acceptors (Lipinski definition) is 11. The van der Waals surface area contributed by atoms with Crippen LogP contribution in [0.3, 0.4) is 0 Å². The quantitative estimate of drug-likeness (QED) is 0.177. The summed E-state index contributed by atoms with van der Waals surface area (Å²) in [6, 6.07) is 0. The number of H-pyrrole nitrogens is 1. The minimum atomic E-state index is -5.83. The third kappa shape index (κ3) is 6.63. The molecule has 2 heterocycles. The van der Waals surface area contributed by atoms with E-state index in [0.717, 1.165) is 17.7 Å². The van der Waals surface area contributed by atoms with Crippen molar-refractivity contribution in [2.75, 3.05) is 6.61 Å². The van der Waals surface area contributed by atoms with E-state index in [9.17, 15) is 38.1 Å². The Hall–Kier alpha value is -0.260. The molecule has 1 aromatic rings. The summed E-state index contributed by atoms with van der Waals surface area (Å²) in [6.45, 7) is -0.0246. The Morgan fingerprint density at radius 3 is 2.32 bits per heavy atom. The molecule has 21 heteroatoms. The molecule has 1 aliphatic heterocycles. The van der Waals surface area contributed by atoms with Gasteiger partial charge >= 0.3 is 23.5 Å². The number of nitrogens with zero attached hydrogens (tertiary/aromatic N) is 1. The molecule has 0 aliphatic carbocycles. The summed E-state index contributed by atoms with van der Waals surface area (Å²) in [5, 5.41) is 20.1. The van der Waals surface area contributed by atoms with Crippen molar-refractivity contribution in [1.82, 2.24) is 9.55 Å². The van der Waals surface area contributed by atoms with Crippen LogP contribution in [0.1, 0.15) is 13.2 Å². The molecule has 178 valence electrons. The minimum absolute atomic E-state index is 0.241. The highest BCUT2D eigenvalue weighted by Gasteiger charge is 2.57. The lowest BCUT2D eigenvalue weighted by molar-refractivity contribution is -0.205. The molecule has 0 aromatic carbocycles. The van der Waals surface area contributed by atoms with Crippen molar-refractivity contribution in [3.8, 4) is 0 Å². The van der Waals surface area contributed by atoms with Gasteiger partial charge in [0.15, 0.2) is 22.6 Å². The van der Waals surface area contributed by atoms with Crippen LogP contribution in [0.5, 0.6) is 0 Å². The first-order valence-electron chi connectivity index (χ1n) is 7.72. The first kappa shape index (κ1) is 27.0. The van der Waals surface area contributed by atoms with Gasteiger partial charge in [0.2, 0.25) is 0 Å². The Labute approximate surface area is 182 Å². The van der Waals surface area contributed by atoms with E-state index in [1.807, 2.05) is 0 Å². The second-order valence-electron chi connectivity index (χ2n) is 6.13. The maximum Gasteiger partial charge on any atom is 0.490 e. The summed E-state index contributed by atoms with van der Waals surface area (Å²) in [6.07, 6.45) is -2.60. The highest BCUT2D eigenvalue weighted by molar-refractivity contribution is 7.72. The SMILES string of the molecule is C[C@]1(OP(=O)(O)OP(=O)(O)OP(=O)(O)O)O[C@@H](n2cc(F)c(=S)[nH]c2=S)[C@@H](O)C1CO. The molecule has 15 nitrogen and oxygen atoms in total. The van der Waals surface area contributed by atoms with Crippen LogP contribution in [0, 0.1) is 21.1 Å². The third-order valence-electron chi connectivity index (χ3n) is 3.84. The van der Waals surface area contributed by atoms with Crippen LogP contribution in [0.25, 0.3) is 0 Å². The number of phosphoric acid groups is 3. The van der Waals surface area contributed by atoms with Crippen molar-refractivity contribution in [1.29, 1.82) is 0 Å². The van der Waals surface area contributed by atoms with Gasteiger partial charge in [0.1, 0.15) is 10.7 Å². The lowest BCUT2D eigenvalue weighted by Gasteiger charge is -2.31. The van der Waals surface area contributed by atoms with E-state index in [2.05, 4.69) is 30.3 Å². The second kappa shape index (κ2) is 9.18. The maximum atomic E-state index is 13.8. The molecule has 1 aliphatic rings. The highest BCUT2D eigenvalue weighted by atomic mass is 32.1. The van der Waals surface area contributed by atoms with Crippen molar-refractivity contribution < 1.29 is 65.8 Å². The van der Waals surface area contributed by atoms with Crippen molar-refractivity contribution >= 4 is 47.9 Å². The first-order valence-corrected chi connectivity index (χ1v) is 13.1.